The van der Waals surface area contributed by atoms with Gasteiger partial charge in [-0.15, -0.1) is 0 Å². The lowest BCUT2D eigenvalue weighted by Gasteiger charge is -2.07. The van der Waals surface area contributed by atoms with Crippen molar-refractivity contribution in [1.29, 1.82) is 0 Å². The molecule has 2 rings (SSSR count). The summed E-state index contributed by atoms with van der Waals surface area (Å²) in [7, 11) is 0. The molecule has 0 spiro atoms. The molecule has 1 saturated carbocycles. The molecule has 86 valence electrons. The van der Waals surface area contributed by atoms with E-state index in [0.717, 1.165) is 18.4 Å². The molecule has 1 aromatic heterocycles. The monoisotopic (exact) mass is 221 g/mol. The average Bonchev–Trinajstić information content (AvgIpc) is 3.05. The number of carbonyl (C=O) groups excluding carboxylic acids is 1. The van der Waals surface area contributed by atoms with Crippen LogP contribution in [0.1, 0.15) is 35.8 Å². The maximum Gasteiger partial charge on any atom is 0.357 e. The molecule has 0 atom stereocenters. The summed E-state index contributed by atoms with van der Waals surface area (Å²) in [6, 6.07) is 0.470. The molecule has 5 nitrogen and oxygen atoms in total. The third-order valence-electron chi connectivity index (χ3n) is 2.35. The van der Waals surface area contributed by atoms with Gasteiger partial charge in [0, 0.05) is 17.8 Å². The first-order valence-electron chi connectivity index (χ1n) is 5.48. The van der Waals surface area contributed by atoms with E-state index < -0.39 is 0 Å². The minimum atomic E-state index is -0.388. The standard InChI is InChI=1S/C11H15N3O2/c1-3-16-10(15)9-7(2)6-12-11(14-9)13-8-4-5-8/h6,8H,3-5H2,1-2H3,(H,12,13,14). The van der Waals surface area contributed by atoms with Crippen LogP contribution in [-0.2, 0) is 4.74 Å². The van der Waals surface area contributed by atoms with E-state index in [1.54, 1.807) is 20.0 Å². The summed E-state index contributed by atoms with van der Waals surface area (Å²) >= 11 is 0. The Labute approximate surface area is 94.2 Å². The van der Waals surface area contributed by atoms with Gasteiger partial charge in [0.1, 0.15) is 0 Å². The second-order valence-electron chi connectivity index (χ2n) is 3.86. The van der Waals surface area contributed by atoms with Crippen molar-refractivity contribution in [1.82, 2.24) is 9.97 Å². The number of hydrogen-bond donors (Lipinski definition) is 1. The van der Waals surface area contributed by atoms with Crippen LogP contribution in [0.15, 0.2) is 6.20 Å². The number of ether oxygens (including phenoxy) is 1. The Morgan fingerprint density at radius 3 is 3.00 bits per heavy atom. The van der Waals surface area contributed by atoms with E-state index in [4.69, 9.17) is 4.74 Å². The number of hydrogen-bond acceptors (Lipinski definition) is 5. The Kier molecular flexibility index (Phi) is 3.03. The Morgan fingerprint density at radius 2 is 2.38 bits per heavy atom. The summed E-state index contributed by atoms with van der Waals surface area (Å²) in [5, 5.41) is 3.15. The SMILES string of the molecule is CCOC(=O)c1nc(NC2CC2)ncc1C. The van der Waals surface area contributed by atoms with Crippen molar-refractivity contribution in [2.45, 2.75) is 32.7 Å². The van der Waals surface area contributed by atoms with E-state index in [-0.39, 0.29) is 5.97 Å². The number of carbonyl (C=O) groups is 1. The first kappa shape index (κ1) is 10.9. The highest BCUT2D eigenvalue weighted by atomic mass is 16.5. The predicted octanol–water partition coefficient (Wildman–Crippen LogP) is 1.54. The molecule has 0 aliphatic heterocycles. The maximum absolute atomic E-state index is 11.6. The number of nitrogens with one attached hydrogen (secondary N) is 1. The van der Waals surface area contributed by atoms with E-state index in [2.05, 4.69) is 15.3 Å². The van der Waals surface area contributed by atoms with Crippen molar-refractivity contribution in [3.8, 4) is 0 Å². The first-order chi connectivity index (χ1) is 7.70. The molecule has 16 heavy (non-hydrogen) atoms. The van der Waals surface area contributed by atoms with E-state index in [9.17, 15) is 4.79 Å². The van der Waals surface area contributed by atoms with Gasteiger partial charge >= 0.3 is 5.97 Å². The van der Waals surface area contributed by atoms with Crippen molar-refractivity contribution in [2.75, 3.05) is 11.9 Å². The van der Waals surface area contributed by atoms with Gasteiger partial charge in [0.05, 0.1) is 6.61 Å². The Morgan fingerprint density at radius 1 is 1.62 bits per heavy atom. The van der Waals surface area contributed by atoms with Crippen molar-refractivity contribution < 1.29 is 9.53 Å². The molecular weight excluding hydrogens is 206 g/mol. The molecule has 1 aromatic rings. The molecule has 0 saturated heterocycles. The smallest absolute Gasteiger partial charge is 0.357 e. The number of aryl methyl sites for hydroxylation is 1. The molecule has 1 aliphatic rings. The van der Waals surface area contributed by atoms with E-state index in [1.165, 1.54) is 0 Å². The first-order valence-corrected chi connectivity index (χ1v) is 5.48. The van der Waals surface area contributed by atoms with E-state index in [1.807, 2.05) is 0 Å². The quantitative estimate of drug-likeness (QED) is 0.781. The van der Waals surface area contributed by atoms with Crippen LogP contribution in [0.5, 0.6) is 0 Å². The summed E-state index contributed by atoms with van der Waals surface area (Å²) in [6.45, 7) is 3.93. The van der Waals surface area contributed by atoms with E-state index in [0.29, 0.717) is 24.3 Å². The van der Waals surface area contributed by atoms with Crippen molar-refractivity contribution in [3.63, 3.8) is 0 Å². The highest BCUT2D eigenvalue weighted by Gasteiger charge is 2.23. The minimum Gasteiger partial charge on any atom is -0.461 e. The van der Waals surface area contributed by atoms with Gasteiger partial charge in [0.2, 0.25) is 5.95 Å². The number of nitrogens with zero attached hydrogens (tertiary/aromatic N) is 2. The summed E-state index contributed by atoms with van der Waals surface area (Å²) in [4.78, 5) is 19.9. The third-order valence-corrected chi connectivity index (χ3v) is 2.35. The van der Waals surface area contributed by atoms with Crippen molar-refractivity contribution in [2.24, 2.45) is 0 Å². The van der Waals surface area contributed by atoms with Gasteiger partial charge in [0.25, 0.3) is 0 Å². The molecule has 1 N–H and O–H groups in total. The summed E-state index contributed by atoms with van der Waals surface area (Å²) in [6.07, 6.45) is 3.93. The Bertz CT molecular complexity index is 402. The molecule has 0 aromatic carbocycles. The van der Waals surface area contributed by atoms with Gasteiger partial charge in [-0.25, -0.2) is 14.8 Å². The van der Waals surface area contributed by atoms with Gasteiger partial charge in [-0.3, -0.25) is 0 Å². The van der Waals surface area contributed by atoms with Crippen molar-refractivity contribution in [3.05, 3.63) is 17.5 Å². The fraction of sp³-hybridized carbons (Fsp3) is 0.545. The van der Waals surface area contributed by atoms with E-state index >= 15 is 0 Å². The minimum absolute atomic E-state index is 0.347. The number of anilines is 1. The lowest BCUT2D eigenvalue weighted by Crippen LogP contribution is -2.13. The third kappa shape index (κ3) is 2.48. The van der Waals surface area contributed by atoms with Crippen LogP contribution in [-0.4, -0.2) is 28.6 Å². The average molecular weight is 221 g/mol. The van der Waals surface area contributed by atoms with Crippen molar-refractivity contribution >= 4 is 11.9 Å². The molecule has 1 heterocycles. The zero-order valence-electron chi connectivity index (χ0n) is 9.49. The molecular formula is C11H15N3O2. The molecule has 0 bridgehead atoms. The molecule has 5 heteroatoms. The normalized spacial score (nSPS) is 14.6. The van der Waals surface area contributed by atoms with Crippen LogP contribution in [0, 0.1) is 6.92 Å². The summed E-state index contributed by atoms with van der Waals surface area (Å²) in [5.41, 5.74) is 1.08. The van der Waals surface area contributed by atoms with Crippen LogP contribution in [0.4, 0.5) is 5.95 Å². The largest absolute Gasteiger partial charge is 0.461 e. The number of aromatic nitrogens is 2. The second kappa shape index (κ2) is 4.47. The highest BCUT2D eigenvalue weighted by molar-refractivity contribution is 5.89. The highest BCUT2D eigenvalue weighted by Crippen LogP contribution is 2.23. The van der Waals surface area contributed by atoms with Crippen LogP contribution < -0.4 is 5.32 Å². The van der Waals surface area contributed by atoms with Gasteiger partial charge in [-0.05, 0) is 26.7 Å². The van der Waals surface area contributed by atoms with Crippen LogP contribution in [0.25, 0.3) is 0 Å². The van der Waals surface area contributed by atoms with Gasteiger partial charge < -0.3 is 10.1 Å². The maximum atomic E-state index is 11.6. The fourth-order valence-corrected chi connectivity index (χ4v) is 1.33. The lowest BCUT2D eigenvalue weighted by molar-refractivity contribution is 0.0518. The second-order valence-corrected chi connectivity index (χ2v) is 3.86. The zero-order chi connectivity index (χ0) is 11.5. The Balaban J connectivity index is 2.17. The number of esters is 1. The van der Waals surface area contributed by atoms with Crippen LogP contribution >= 0.6 is 0 Å². The molecule has 1 fully saturated rings. The lowest BCUT2D eigenvalue weighted by atomic mass is 10.2. The molecule has 0 unspecified atom stereocenters. The molecule has 0 radical (unpaired) electrons. The molecule has 0 amide bonds. The van der Waals surface area contributed by atoms with Gasteiger partial charge in [-0.1, -0.05) is 0 Å². The van der Waals surface area contributed by atoms with Gasteiger partial charge in [-0.2, -0.15) is 0 Å². The molecule has 1 aliphatic carbocycles. The Hall–Kier alpha value is -1.65. The summed E-state index contributed by atoms with van der Waals surface area (Å²) < 4.78 is 4.93. The van der Waals surface area contributed by atoms with Crippen LogP contribution in [0.2, 0.25) is 0 Å². The topological polar surface area (TPSA) is 64.1 Å². The fourth-order valence-electron chi connectivity index (χ4n) is 1.33. The summed E-state index contributed by atoms with van der Waals surface area (Å²) in [5.74, 6) is 0.123. The predicted molar refractivity (Wildman–Crippen MR) is 59.4 cm³/mol. The number of rotatable bonds is 4. The zero-order valence-corrected chi connectivity index (χ0v) is 9.49. The van der Waals surface area contributed by atoms with Crippen LogP contribution in [0.3, 0.4) is 0 Å². The van der Waals surface area contributed by atoms with Gasteiger partial charge in [0.15, 0.2) is 5.69 Å².